The minimum Gasteiger partial charge on any atom is -0.326 e. The van der Waals surface area contributed by atoms with Gasteiger partial charge in [-0.05, 0) is 30.2 Å². The van der Waals surface area contributed by atoms with Gasteiger partial charge < -0.3 is 4.90 Å². The highest BCUT2D eigenvalue weighted by Gasteiger charge is 2.31. The summed E-state index contributed by atoms with van der Waals surface area (Å²) >= 11 is 0. The van der Waals surface area contributed by atoms with Gasteiger partial charge in [0.05, 0.1) is 4.90 Å². The van der Waals surface area contributed by atoms with Crippen molar-refractivity contribution >= 4 is 22.0 Å². The van der Waals surface area contributed by atoms with Crippen molar-refractivity contribution < 1.29 is 26.4 Å². The van der Waals surface area contributed by atoms with Gasteiger partial charge in [0.2, 0.25) is 15.9 Å². The number of alkyl halides is 3. The maximum absolute atomic E-state index is 12.5. The lowest BCUT2D eigenvalue weighted by Gasteiger charge is -2.20. The van der Waals surface area contributed by atoms with E-state index in [1.165, 1.54) is 36.4 Å². The van der Waals surface area contributed by atoms with Crippen LogP contribution in [-0.2, 0) is 14.8 Å². The molecule has 9 heteroatoms. The van der Waals surface area contributed by atoms with Gasteiger partial charge >= 0.3 is 6.18 Å². The third-order valence-electron chi connectivity index (χ3n) is 3.18. The summed E-state index contributed by atoms with van der Waals surface area (Å²) in [5.74, 6) is -0.816. The molecular weight excluding hydrogens is 369 g/mol. The number of nitrogens with one attached hydrogen (secondary N) is 1. The first-order valence-electron chi connectivity index (χ1n) is 7.83. The van der Waals surface area contributed by atoms with Crippen LogP contribution < -0.4 is 4.72 Å². The zero-order valence-corrected chi connectivity index (χ0v) is 15.1. The standard InChI is InChI=1S/C17H21F3N2O3S/c1-3-11-21-26(24,25)15-8-5-14(6-9-15)7-10-16(23)22(12-4-2)13-17(18,19)20/h4-10,21H,2-3,11-13H2,1H3/b10-7+. The lowest BCUT2D eigenvalue weighted by molar-refractivity contribution is -0.157. The second-order valence-electron chi connectivity index (χ2n) is 5.42. The highest BCUT2D eigenvalue weighted by Crippen LogP contribution is 2.17. The van der Waals surface area contributed by atoms with Crippen molar-refractivity contribution in [2.75, 3.05) is 19.6 Å². The third-order valence-corrected chi connectivity index (χ3v) is 4.66. The number of halogens is 3. The van der Waals surface area contributed by atoms with Gasteiger partial charge in [0, 0.05) is 19.2 Å². The van der Waals surface area contributed by atoms with Gasteiger partial charge in [-0.15, -0.1) is 6.58 Å². The molecule has 0 aromatic heterocycles. The summed E-state index contributed by atoms with van der Waals surface area (Å²) in [6.07, 6.45) is -0.311. The molecule has 0 aliphatic heterocycles. The molecular formula is C17H21F3N2O3S. The number of hydrogen-bond acceptors (Lipinski definition) is 3. The predicted octanol–water partition coefficient (Wildman–Crippen LogP) is 2.97. The molecule has 0 aliphatic carbocycles. The van der Waals surface area contributed by atoms with Gasteiger partial charge in [0.1, 0.15) is 6.54 Å². The van der Waals surface area contributed by atoms with Crippen molar-refractivity contribution in [1.29, 1.82) is 0 Å². The Morgan fingerprint density at radius 3 is 2.38 bits per heavy atom. The molecule has 1 rings (SSSR count). The molecule has 0 radical (unpaired) electrons. The van der Waals surface area contributed by atoms with E-state index in [0.717, 1.165) is 6.08 Å². The summed E-state index contributed by atoms with van der Waals surface area (Å²) in [5, 5.41) is 0. The molecule has 0 saturated heterocycles. The van der Waals surface area contributed by atoms with E-state index >= 15 is 0 Å². The van der Waals surface area contributed by atoms with E-state index in [-0.39, 0.29) is 11.4 Å². The van der Waals surface area contributed by atoms with Gasteiger partial charge in [-0.2, -0.15) is 13.2 Å². The molecule has 0 aliphatic rings. The molecule has 26 heavy (non-hydrogen) atoms. The molecule has 0 unspecified atom stereocenters. The van der Waals surface area contributed by atoms with Gasteiger partial charge in [0.25, 0.3) is 0 Å². The van der Waals surface area contributed by atoms with Crippen LogP contribution in [0, 0.1) is 0 Å². The SMILES string of the molecule is C=CCN(CC(F)(F)F)C(=O)/C=C/c1ccc(S(=O)(=O)NCCC)cc1. The molecule has 1 amide bonds. The van der Waals surface area contributed by atoms with Crippen molar-refractivity contribution in [3.8, 4) is 0 Å². The summed E-state index contributed by atoms with van der Waals surface area (Å²) in [4.78, 5) is 12.6. The first kappa shape index (κ1) is 21.9. The summed E-state index contributed by atoms with van der Waals surface area (Å²) in [5.41, 5.74) is 0.485. The van der Waals surface area contributed by atoms with E-state index < -0.39 is 28.7 Å². The number of carbonyl (C=O) groups excluding carboxylic acids is 1. The predicted molar refractivity (Wildman–Crippen MR) is 93.8 cm³/mol. The van der Waals surface area contributed by atoms with Crippen LogP contribution in [0.2, 0.25) is 0 Å². The fraction of sp³-hybridized carbons (Fsp3) is 0.353. The molecule has 0 bridgehead atoms. The van der Waals surface area contributed by atoms with Crippen LogP contribution in [0.5, 0.6) is 0 Å². The quantitative estimate of drug-likeness (QED) is 0.521. The van der Waals surface area contributed by atoms with E-state index in [9.17, 15) is 26.4 Å². The Morgan fingerprint density at radius 1 is 1.27 bits per heavy atom. The summed E-state index contributed by atoms with van der Waals surface area (Å²) in [6, 6.07) is 5.65. The minimum absolute atomic E-state index is 0.0692. The highest BCUT2D eigenvalue weighted by molar-refractivity contribution is 7.89. The first-order chi connectivity index (χ1) is 12.1. The summed E-state index contributed by atoms with van der Waals surface area (Å²) in [6.45, 7) is 3.88. The Morgan fingerprint density at radius 2 is 1.88 bits per heavy atom. The average molecular weight is 390 g/mol. The number of benzene rings is 1. The summed E-state index contributed by atoms with van der Waals surface area (Å²) in [7, 11) is -3.60. The minimum atomic E-state index is -4.51. The van der Waals surface area contributed by atoms with E-state index in [1.54, 1.807) is 0 Å². The van der Waals surface area contributed by atoms with Crippen LogP contribution in [0.25, 0.3) is 6.08 Å². The number of carbonyl (C=O) groups is 1. The fourth-order valence-corrected chi connectivity index (χ4v) is 3.09. The smallest absolute Gasteiger partial charge is 0.326 e. The van der Waals surface area contributed by atoms with Gasteiger partial charge in [-0.1, -0.05) is 25.1 Å². The van der Waals surface area contributed by atoms with Crippen molar-refractivity contribution in [3.05, 3.63) is 48.6 Å². The van der Waals surface area contributed by atoms with Crippen LogP contribution in [-0.4, -0.2) is 45.0 Å². The van der Waals surface area contributed by atoms with Crippen LogP contribution >= 0.6 is 0 Å². The summed E-state index contributed by atoms with van der Waals surface area (Å²) < 4.78 is 63.8. The molecule has 0 saturated carbocycles. The molecule has 1 aromatic carbocycles. The molecule has 144 valence electrons. The number of amides is 1. The van der Waals surface area contributed by atoms with Gasteiger partial charge in [-0.3, -0.25) is 4.79 Å². The van der Waals surface area contributed by atoms with Crippen molar-refractivity contribution in [2.24, 2.45) is 0 Å². The van der Waals surface area contributed by atoms with Crippen molar-refractivity contribution in [3.63, 3.8) is 0 Å². The Hall–Kier alpha value is -2.13. The first-order valence-corrected chi connectivity index (χ1v) is 9.31. The Kier molecular flexibility index (Phi) is 8.04. The largest absolute Gasteiger partial charge is 0.406 e. The topological polar surface area (TPSA) is 66.5 Å². The number of nitrogens with zero attached hydrogens (tertiary/aromatic N) is 1. The molecule has 0 heterocycles. The van der Waals surface area contributed by atoms with Crippen LogP contribution in [0.15, 0.2) is 47.9 Å². The van der Waals surface area contributed by atoms with Crippen LogP contribution in [0.3, 0.4) is 0 Å². The average Bonchev–Trinajstić information content (AvgIpc) is 2.56. The number of rotatable bonds is 9. The Bertz CT molecular complexity index is 742. The van der Waals surface area contributed by atoms with Gasteiger partial charge in [0.15, 0.2) is 0 Å². The Labute approximate surface area is 151 Å². The molecule has 0 fully saturated rings. The lowest BCUT2D eigenvalue weighted by Crippen LogP contribution is -2.38. The second kappa shape index (κ2) is 9.54. The van der Waals surface area contributed by atoms with E-state index in [0.29, 0.717) is 23.4 Å². The van der Waals surface area contributed by atoms with Gasteiger partial charge in [-0.25, -0.2) is 13.1 Å². The number of sulfonamides is 1. The maximum atomic E-state index is 12.5. The van der Waals surface area contributed by atoms with Crippen molar-refractivity contribution in [2.45, 2.75) is 24.4 Å². The van der Waals surface area contributed by atoms with E-state index in [2.05, 4.69) is 11.3 Å². The molecule has 0 atom stereocenters. The Balaban J connectivity index is 2.84. The van der Waals surface area contributed by atoms with Crippen molar-refractivity contribution in [1.82, 2.24) is 9.62 Å². The normalized spacial score (nSPS) is 12.3. The monoisotopic (exact) mass is 390 g/mol. The lowest BCUT2D eigenvalue weighted by atomic mass is 10.2. The van der Waals surface area contributed by atoms with E-state index in [1.807, 2.05) is 6.92 Å². The maximum Gasteiger partial charge on any atom is 0.406 e. The molecule has 1 N–H and O–H groups in total. The zero-order valence-electron chi connectivity index (χ0n) is 14.3. The zero-order chi connectivity index (χ0) is 19.8. The van der Waals surface area contributed by atoms with E-state index in [4.69, 9.17) is 0 Å². The molecule has 1 aromatic rings. The molecule has 5 nitrogen and oxygen atoms in total. The highest BCUT2D eigenvalue weighted by atomic mass is 32.2. The van der Waals surface area contributed by atoms with Crippen LogP contribution in [0.1, 0.15) is 18.9 Å². The number of hydrogen-bond donors (Lipinski definition) is 1. The second-order valence-corrected chi connectivity index (χ2v) is 7.19. The fourth-order valence-electron chi connectivity index (χ4n) is 1.96. The third kappa shape index (κ3) is 7.40. The van der Waals surface area contributed by atoms with Crippen LogP contribution in [0.4, 0.5) is 13.2 Å². The molecule has 0 spiro atoms.